The maximum atomic E-state index is 13.6. The number of benzene rings is 1. The Morgan fingerprint density at radius 3 is 2.82 bits per heavy atom. The van der Waals surface area contributed by atoms with Gasteiger partial charge in [0.25, 0.3) is 0 Å². The molecule has 0 unspecified atom stereocenters. The van der Waals surface area contributed by atoms with Gasteiger partial charge in [0.1, 0.15) is 0 Å². The van der Waals surface area contributed by atoms with Gasteiger partial charge in [-0.1, -0.05) is 13.0 Å². The van der Waals surface area contributed by atoms with Crippen molar-refractivity contribution in [1.29, 1.82) is 0 Å². The second-order valence-corrected chi connectivity index (χ2v) is 5.27. The molecular formula is C13H20FNOS. The van der Waals surface area contributed by atoms with Crippen LogP contribution in [0.15, 0.2) is 18.2 Å². The Morgan fingerprint density at radius 2 is 2.24 bits per heavy atom. The topological polar surface area (TPSA) is 35.2 Å². The molecule has 1 aromatic rings. The van der Waals surface area contributed by atoms with Gasteiger partial charge in [0.05, 0.1) is 6.61 Å². The molecule has 0 aliphatic carbocycles. The Hall–Kier alpha value is -0.740. The highest BCUT2D eigenvalue weighted by molar-refractivity contribution is 7.99. The maximum absolute atomic E-state index is 13.6. The number of nitrogens with two attached hydrogens (primary N) is 1. The van der Waals surface area contributed by atoms with Crippen LogP contribution in [0.25, 0.3) is 0 Å². The van der Waals surface area contributed by atoms with Gasteiger partial charge >= 0.3 is 0 Å². The number of halogens is 1. The van der Waals surface area contributed by atoms with Crippen molar-refractivity contribution in [2.75, 3.05) is 18.1 Å². The monoisotopic (exact) mass is 257 g/mol. The maximum Gasteiger partial charge on any atom is 0.165 e. The molecule has 0 saturated heterocycles. The molecule has 2 nitrogen and oxygen atoms in total. The predicted octanol–water partition coefficient (Wildman–Crippen LogP) is 3.37. The van der Waals surface area contributed by atoms with Crippen LogP contribution in [0.4, 0.5) is 4.39 Å². The second kappa shape index (κ2) is 7.56. The standard InChI is InChI=1S/C13H20FNOS/c1-3-17-8-4-7-16-13-6-5-11(10(2)15)9-12(13)14/h5-6,9-10H,3-4,7-8,15H2,1-2H3/t10-/m0/s1. The van der Waals surface area contributed by atoms with Gasteiger partial charge in [0.2, 0.25) is 0 Å². The minimum Gasteiger partial charge on any atom is -0.490 e. The third kappa shape index (κ3) is 4.96. The minimum atomic E-state index is -0.331. The molecule has 1 aromatic carbocycles. The molecule has 4 heteroatoms. The third-order valence-corrected chi connectivity index (χ3v) is 3.36. The Balaban J connectivity index is 2.43. The molecule has 0 aliphatic rings. The number of hydrogen-bond donors (Lipinski definition) is 1. The Labute approximate surface area is 107 Å². The van der Waals surface area contributed by atoms with Crippen LogP contribution < -0.4 is 10.5 Å². The summed E-state index contributed by atoms with van der Waals surface area (Å²) in [5.74, 6) is 2.15. The highest BCUT2D eigenvalue weighted by atomic mass is 32.2. The zero-order valence-corrected chi connectivity index (χ0v) is 11.2. The number of hydrogen-bond acceptors (Lipinski definition) is 3. The van der Waals surface area contributed by atoms with E-state index in [4.69, 9.17) is 10.5 Å². The first-order valence-electron chi connectivity index (χ1n) is 5.90. The Bertz CT molecular complexity index is 344. The van der Waals surface area contributed by atoms with Gasteiger partial charge in [-0.3, -0.25) is 0 Å². The fourth-order valence-electron chi connectivity index (χ4n) is 1.40. The van der Waals surface area contributed by atoms with Crippen molar-refractivity contribution in [1.82, 2.24) is 0 Å². The Kier molecular flexibility index (Phi) is 6.37. The van der Waals surface area contributed by atoms with Crippen molar-refractivity contribution in [2.45, 2.75) is 26.3 Å². The van der Waals surface area contributed by atoms with Crippen molar-refractivity contribution >= 4 is 11.8 Å². The normalized spacial score (nSPS) is 12.5. The van der Waals surface area contributed by atoms with Crippen LogP contribution >= 0.6 is 11.8 Å². The van der Waals surface area contributed by atoms with E-state index in [-0.39, 0.29) is 11.9 Å². The van der Waals surface area contributed by atoms with E-state index >= 15 is 0 Å². The van der Waals surface area contributed by atoms with Crippen LogP contribution in [0.5, 0.6) is 5.75 Å². The highest BCUT2D eigenvalue weighted by Gasteiger charge is 2.06. The summed E-state index contributed by atoms with van der Waals surface area (Å²) in [5.41, 5.74) is 6.47. The van der Waals surface area contributed by atoms with E-state index in [0.29, 0.717) is 12.4 Å². The molecule has 1 rings (SSSR count). The summed E-state index contributed by atoms with van der Waals surface area (Å²) in [4.78, 5) is 0. The smallest absolute Gasteiger partial charge is 0.165 e. The van der Waals surface area contributed by atoms with Crippen LogP contribution in [-0.2, 0) is 0 Å². The Morgan fingerprint density at radius 1 is 1.47 bits per heavy atom. The van der Waals surface area contributed by atoms with E-state index in [2.05, 4.69) is 6.92 Å². The summed E-state index contributed by atoms with van der Waals surface area (Å²) < 4.78 is 19.0. The fourth-order valence-corrected chi connectivity index (χ4v) is 2.02. The van der Waals surface area contributed by atoms with Crippen molar-refractivity contribution in [3.8, 4) is 5.75 Å². The molecule has 0 amide bonds. The molecule has 0 radical (unpaired) electrons. The summed E-state index contributed by atoms with van der Waals surface area (Å²) in [5, 5.41) is 0. The first-order valence-corrected chi connectivity index (χ1v) is 7.06. The van der Waals surface area contributed by atoms with E-state index in [1.807, 2.05) is 24.8 Å². The summed E-state index contributed by atoms with van der Waals surface area (Å²) in [7, 11) is 0. The largest absolute Gasteiger partial charge is 0.490 e. The molecule has 0 spiro atoms. The molecule has 0 aromatic heterocycles. The summed E-state index contributed by atoms with van der Waals surface area (Å²) >= 11 is 1.86. The summed E-state index contributed by atoms with van der Waals surface area (Å²) in [6.07, 6.45) is 0.937. The van der Waals surface area contributed by atoms with Crippen LogP contribution in [0.2, 0.25) is 0 Å². The van der Waals surface area contributed by atoms with Crippen molar-refractivity contribution in [3.63, 3.8) is 0 Å². The number of rotatable bonds is 7. The summed E-state index contributed by atoms with van der Waals surface area (Å²) in [6, 6.07) is 4.76. The van der Waals surface area contributed by atoms with Crippen LogP contribution in [-0.4, -0.2) is 18.1 Å². The van der Waals surface area contributed by atoms with Crippen LogP contribution in [0, 0.1) is 5.82 Å². The molecule has 0 aliphatic heterocycles. The third-order valence-electron chi connectivity index (χ3n) is 2.38. The average Bonchev–Trinajstić information content (AvgIpc) is 2.30. The molecule has 1 atom stereocenters. The molecule has 2 N–H and O–H groups in total. The lowest BCUT2D eigenvalue weighted by molar-refractivity contribution is 0.302. The quantitative estimate of drug-likeness (QED) is 0.761. The molecule has 96 valence electrons. The van der Waals surface area contributed by atoms with Crippen LogP contribution in [0.3, 0.4) is 0 Å². The van der Waals surface area contributed by atoms with Crippen molar-refractivity contribution in [3.05, 3.63) is 29.6 Å². The molecule has 17 heavy (non-hydrogen) atoms. The molecular weight excluding hydrogens is 237 g/mol. The van der Waals surface area contributed by atoms with Crippen LogP contribution in [0.1, 0.15) is 31.9 Å². The first-order chi connectivity index (χ1) is 8.15. The van der Waals surface area contributed by atoms with Gasteiger partial charge in [-0.25, -0.2) is 4.39 Å². The first kappa shape index (κ1) is 14.3. The zero-order valence-electron chi connectivity index (χ0n) is 10.4. The molecule has 0 fully saturated rings. The van der Waals surface area contributed by atoms with E-state index in [1.54, 1.807) is 6.07 Å². The van der Waals surface area contributed by atoms with E-state index in [9.17, 15) is 4.39 Å². The van der Waals surface area contributed by atoms with Crippen molar-refractivity contribution < 1.29 is 9.13 Å². The van der Waals surface area contributed by atoms with Gasteiger partial charge < -0.3 is 10.5 Å². The van der Waals surface area contributed by atoms with Gasteiger partial charge in [-0.2, -0.15) is 11.8 Å². The summed E-state index contributed by atoms with van der Waals surface area (Å²) in [6.45, 7) is 4.51. The van der Waals surface area contributed by atoms with E-state index < -0.39 is 0 Å². The lowest BCUT2D eigenvalue weighted by Gasteiger charge is -2.10. The molecule has 0 saturated carbocycles. The van der Waals surface area contributed by atoms with Crippen molar-refractivity contribution in [2.24, 2.45) is 5.73 Å². The lowest BCUT2D eigenvalue weighted by atomic mass is 10.1. The molecule has 0 bridgehead atoms. The average molecular weight is 257 g/mol. The van der Waals surface area contributed by atoms with E-state index in [0.717, 1.165) is 23.5 Å². The van der Waals surface area contributed by atoms with Gasteiger partial charge in [-0.15, -0.1) is 0 Å². The van der Waals surface area contributed by atoms with E-state index in [1.165, 1.54) is 6.07 Å². The SMILES string of the molecule is CCSCCCOc1ccc([C@H](C)N)cc1F. The highest BCUT2D eigenvalue weighted by Crippen LogP contribution is 2.21. The predicted molar refractivity (Wildman–Crippen MR) is 72.1 cm³/mol. The van der Waals surface area contributed by atoms with Gasteiger partial charge in [0.15, 0.2) is 11.6 Å². The van der Waals surface area contributed by atoms with Gasteiger partial charge in [-0.05, 0) is 42.5 Å². The minimum absolute atomic E-state index is 0.153. The fraction of sp³-hybridized carbons (Fsp3) is 0.538. The number of thioether (sulfide) groups is 1. The van der Waals surface area contributed by atoms with Gasteiger partial charge in [0, 0.05) is 6.04 Å². The number of ether oxygens (including phenoxy) is 1. The second-order valence-electron chi connectivity index (χ2n) is 3.88. The zero-order chi connectivity index (χ0) is 12.7. The lowest BCUT2D eigenvalue weighted by Crippen LogP contribution is -2.06. The molecule has 0 heterocycles.